The molecule has 2 aromatic rings. The summed E-state index contributed by atoms with van der Waals surface area (Å²) in [4.78, 5) is 25.3. The Hall–Kier alpha value is -2.68. The summed E-state index contributed by atoms with van der Waals surface area (Å²) in [6, 6.07) is 3.94. The smallest absolute Gasteiger partial charge is 0.229 e. The Labute approximate surface area is 169 Å². The molecule has 8 nitrogen and oxygen atoms in total. The van der Waals surface area contributed by atoms with Crippen LogP contribution in [0.5, 0.6) is 0 Å². The van der Waals surface area contributed by atoms with E-state index < -0.39 is 9.84 Å². The van der Waals surface area contributed by atoms with Gasteiger partial charge in [-0.1, -0.05) is 6.92 Å². The number of amides is 1. The van der Waals surface area contributed by atoms with Crippen LogP contribution >= 0.6 is 0 Å². The Morgan fingerprint density at radius 2 is 2.03 bits per heavy atom. The van der Waals surface area contributed by atoms with Gasteiger partial charge in [0.1, 0.15) is 5.69 Å². The maximum Gasteiger partial charge on any atom is 0.229 e. The zero-order valence-electron chi connectivity index (χ0n) is 16.5. The number of sulfone groups is 1. The lowest BCUT2D eigenvalue weighted by Gasteiger charge is -2.25. The van der Waals surface area contributed by atoms with Gasteiger partial charge in [0.25, 0.3) is 0 Å². The molecule has 29 heavy (non-hydrogen) atoms. The van der Waals surface area contributed by atoms with Gasteiger partial charge in [0, 0.05) is 32.2 Å². The van der Waals surface area contributed by atoms with Crippen molar-refractivity contribution in [2.75, 3.05) is 35.3 Å². The molecule has 0 aliphatic carbocycles. The van der Waals surface area contributed by atoms with E-state index in [2.05, 4.69) is 22.1 Å². The van der Waals surface area contributed by atoms with Crippen molar-refractivity contribution < 1.29 is 13.2 Å². The summed E-state index contributed by atoms with van der Waals surface area (Å²) in [6.45, 7) is 3.47. The molecule has 5 rings (SSSR count). The van der Waals surface area contributed by atoms with E-state index in [-0.39, 0.29) is 23.3 Å². The first-order valence-corrected chi connectivity index (χ1v) is 11.6. The second-order valence-corrected chi connectivity index (χ2v) is 10.2. The molecule has 152 valence electrons. The SMILES string of the molecule is CC1CCN2CCC(=O)N(C)c3cnc(nc32)Nc2cc3c(c1c2)CS(=O)(=O)C3. The number of anilines is 4. The number of carbonyl (C=O) groups is 1. The lowest BCUT2D eigenvalue weighted by atomic mass is 9.90. The minimum absolute atomic E-state index is 0.0476. The van der Waals surface area contributed by atoms with Crippen LogP contribution in [0.2, 0.25) is 0 Å². The van der Waals surface area contributed by atoms with Crippen molar-refractivity contribution in [2.45, 2.75) is 37.2 Å². The first-order valence-electron chi connectivity index (χ1n) is 9.82. The fourth-order valence-electron chi connectivity index (χ4n) is 4.47. The highest BCUT2D eigenvalue weighted by Crippen LogP contribution is 2.38. The van der Waals surface area contributed by atoms with Gasteiger partial charge in [-0.25, -0.2) is 13.4 Å². The lowest BCUT2D eigenvalue weighted by Crippen LogP contribution is -2.28. The second kappa shape index (κ2) is 6.41. The van der Waals surface area contributed by atoms with Gasteiger partial charge in [-0.15, -0.1) is 0 Å². The van der Waals surface area contributed by atoms with Crippen LogP contribution in [-0.2, 0) is 26.1 Å². The minimum Gasteiger partial charge on any atom is -0.354 e. The fourth-order valence-corrected chi connectivity index (χ4v) is 6.09. The van der Waals surface area contributed by atoms with Gasteiger partial charge in [0.2, 0.25) is 11.9 Å². The van der Waals surface area contributed by atoms with Crippen LogP contribution in [0.15, 0.2) is 18.3 Å². The molecule has 0 saturated heterocycles. The standard InChI is InChI=1S/C20H23N5O3S/c1-12-3-5-25-6-4-18(26)24(2)17-9-21-20(23-19(17)25)22-14-7-13-10-29(27,28)11-16(13)15(12)8-14/h7-9,12H,3-6,10-11H2,1-2H3,(H,21,22,23). The Balaban J connectivity index is 1.64. The topological polar surface area (TPSA) is 95.5 Å². The van der Waals surface area contributed by atoms with Crippen LogP contribution in [0.3, 0.4) is 0 Å². The Morgan fingerprint density at radius 3 is 2.86 bits per heavy atom. The summed E-state index contributed by atoms with van der Waals surface area (Å²) in [5.74, 6) is 1.63. The summed E-state index contributed by atoms with van der Waals surface area (Å²) in [5.41, 5.74) is 4.40. The van der Waals surface area contributed by atoms with Crippen molar-refractivity contribution in [2.24, 2.45) is 0 Å². The van der Waals surface area contributed by atoms with E-state index in [1.165, 1.54) is 0 Å². The average molecular weight is 414 g/mol. The molecule has 3 aliphatic heterocycles. The van der Waals surface area contributed by atoms with Gasteiger partial charge in [-0.2, -0.15) is 4.98 Å². The van der Waals surface area contributed by atoms with Crippen molar-refractivity contribution in [3.63, 3.8) is 0 Å². The number of nitrogens with zero attached hydrogens (tertiary/aromatic N) is 4. The molecule has 1 N–H and O–H groups in total. The molecular formula is C20H23N5O3S. The maximum atomic E-state index is 12.4. The van der Waals surface area contributed by atoms with Crippen LogP contribution < -0.4 is 15.1 Å². The van der Waals surface area contributed by atoms with Crippen molar-refractivity contribution in [3.05, 3.63) is 35.0 Å². The van der Waals surface area contributed by atoms with Gasteiger partial charge >= 0.3 is 0 Å². The first-order chi connectivity index (χ1) is 13.8. The van der Waals surface area contributed by atoms with E-state index in [4.69, 9.17) is 4.98 Å². The normalized spacial score (nSPS) is 22.4. The predicted molar refractivity (Wildman–Crippen MR) is 111 cm³/mol. The predicted octanol–water partition coefficient (Wildman–Crippen LogP) is 2.33. The molecule has 1 atom stereocenters. The molecule has 0 radical (unpaired) electrons. The van der Waals surface area contributed by atoms with Crippen LogP contribution in [-0.4, -0.2) is 44.4 Å². The fraction of sp³-hybridized carbons (Fsp3) is 0.450. The van der Waals surface area contributed by atoms with E-state index in [1.807, 2.05) is 12.1 Å². The van der Waals surface area contributed by atoms with Crippen molar-refractivity contribution in [1.29, 1.82) is 0 Å². The van der Waals surface area contributed by atoms with Crippen molar-refractivity contribution >= 4 is 38.9 Å². The molecule has 1 aromatic heterocycles. The number of carbonyl (C=O) groups excluding carboxylic acids is 1. The van der Waals surface area contributed by atoms with Crippen molar-refractivity contribution in [3.8, 4) is 0 Å². The first kappa shape index (κ1) is 18.4. The van der Waals surface area contributed by atoms with E-state index in [0.29, 0.717) is 24.6 Å². The number of hydrogen-bond donors (Lipinski definition) is 1. The van der Waals surface area contributed by atoms with E-state index >= 15 is 0 Å². The van der Waals surface area contributed by atoms with Gasteiger partial charge in [0.05, 0.1) is 17.7 Å². The molecule has 1 aromatic carbocycles. The zero-order valence-corrected chi connectivity index (χ0v) is 17.3. The van der Waals surface area contributed by atoms with Crippen LogP contribution in [0.1, 0.15) is 42.4 Å². The highest BCUT2D eigenvalue weighted by atomic mass is 32.2. The lowest BCUT2D eigenvalue weighted by molar-refractivity contribution is -0.118. The second-order valence-electron chi connectivity index (χ2n) is 8.14. The third kappa shape index (κ3) is 3.13. The highest BCUT2D eigenvalue weighted by molar-refractivity contribution is 7.90. The Kier molecular flexibility index (Phi) is 4.06. The molecule has 0 saturated carbocycles. The monoisotopic (exact) mass is 413 g/mol. The molecule has 4 bridgehead atoms. The van der Waals surface area contributed by atoms with Gasteiger partial charge in [0.15, 0.2) is 15.7 Å². The quantitative estimate of drug-likeness (QED) is 0.708. The van der Waals surface area contributed by atoms with Crippen LogP contribution in [0, 0.1) is 0 Å². The summed E-state index contributed by atoms with van der Waals surface area (Å²) >= 11 is 0. The number of fused-ring (bicyclic) bond motifs is 5. The molecule has 1 unspecified atom stereocenters. The summed E-state index contributed by atoms with van der Waals surface area (Å²) in [7, 11) is -1.34. The summed E-state index contributed by atoms with van der Waals surface area (Å²) in [6.07, 6.45) is 2.94. The number of benzene rings is 1. The molecule has 9 heteroatoms. The minimum atomic E-state index is -3.10. The Morgan fingerprint density at radius 1 is 1.21 bits per heavy atom. The van der Waals surface area contributed by atoms with Gasteiger partial charge in [-0.3, -0.25) is 4.79 Å². The largest absolute Gasteiger partial charge is 0.354 e. The van der Waals surface area contributed by atoms with E-state index in [0.717, 1.165) is 41.2 Å². The summed E-state index contributed by atoms with van der Waals surface area (Å²) < 4.78 is 24.5. The number of rotatable bonds is 0. The molecule has 0 fully saturated rings. The van der Waals surface area contributed by atoms with Gasteiger partial charge in [-0.05, 0) is 41.2 Å². The van der Waals surface area contributed by atoms with Crippen molar-refractivity contribution in [1.82, 2.24) is 9.97 Å². The molecule has 1 amide bonds. The third-order valence-corrected chi connectivity index (χ3v) is 7.60. The average Bonchev–Trinajstić information content (AvgIpc) is 2.93. The van der Waals surface area contributed by atoms with E-state index in [1.54, 1.807) is 18.1 Å². The zero-order chi connectivity index (χ0) is 20.3. The highest BCUT2D eigenvalue weighted by Gasteiger charge is 2.31. The molecular weight excluding hydrogens is 390 g/mol. The van der Waals surface area contributed by atoms with Crippen LogP contribution in [0.4, 0.5) is 23.1 Å². The summed E-state index contributed by atoms with van der Waals surface area (Å²) in [5, 5.41) is 3.25. The van der Waals surface area contributed by atoms with E-state index in [9.17, 15) is 13.2 Å². The number of aromatic nitrogens is 2. The number of nitrogens with one attached hydrogen (secondary N) is 1. The Bertz CT molecular complexity index is 1130. The molecule has 4 heterocycles. The third-order valence-electron chi connectivity index (χ3n) is 6.12. The maximum absolute atomic E-state index is 12.4. The number of hydrogen-bond acceptors (Lipinski definition) is 7. The molecule has 0 spiro atoms. The van der Waals surface area contributed by atoms with Crippen LogP contribution in [0.25, 0.3) is 0 Å². The molecule has 3 aliphatic rings. The van der Waals surface area contributed by atoms with Gasteiger partial charge < -0.3 is 15.1 Å².